The van der Waals surface area contributed by atoms with Crippen molar-refractivity contribution in [1.29, 1.82) is 0 Å². The summed E-state index contributed by atoms with van der Waals surface area (Å²) in [5, 5.41) is 12.4. The summed E-state index contributed by atoms with van der Waals surface area (Å²) in [6, 6.07) is 14.4. The third kappa shape index (κ3) is 5.48. The lowest BCUT2D eigenvalue weighted by molar-refractivity contribution is -0.132. The quantitative estimate of drug-likeness (QED) is 0.0929. The number of halogens is 1. The highest BCUT2D eigenvalue weighted by Gasteiger charge is 2.48. The first-order chi connectivity index (χ1) is 20.9. The van der Waals surface area contributed by atoms with Crippen LogP contribution in [0.2, 0.25) is 5.02 Å². The van der Waals surface area contributed by atoms with Crippen molar-refractivity contribution in [3.8, 4) is 23.0 Å². The first-order valence-corrected chi connectivity index (χ1v) is 15.2. The van der Waals surface area contributed by atoms with Crippen molar-refractivity contribution in [2.75, 3.05) is 31.8 Å². The van der Waals surface area contributed by atoms with Crippen LogP contribution in [0.25, 0.3) is 16.0 Å². The number of unbranched alkanes of at least 4 members (excludes halogenated alkanes) is 2. The number of amides is 1. The fourth-order valence-corrected chi connectivity index (χ4v) is 6.46. The summed E-state index contributed by atoms with van der Waals surface area (Å²) in [5.74, 6) is -0.0363. The Hall–Kier alpha value is -4.28. The van der Waals surface area contributed by atoms with Crippen LogP contribution in [0.3, 0.4) is 0 Å². The number of aromatic nitrogens is 1. The second-order valence-corrected chi connectivity index (χ2v) is 11.5. The number of hydrogen-bond acceptors (Lipinski definition) is 9. The minimum absolute atomic E-state index is 0.0855. The molecular formula is C32H29ClN2O7S. The molecule has 1 aromatic heterocycles. The maximum absolute atomic E-state index is 13.7. The Balaban J connectivity index is 1.48. The van der Waals surface area contributed by atoms with Crippen LogP contribution < -0.4 is 23.8 Å². The minimum atomic E-state index is -1.01. The number of Topliss-reactive ketones (excluding diaryl/α,β-unsaturated/α-hetero) is 1. The number of rotatable bonds is 9. The normalized spacial score (nSPS) is 17.5. The summed E-state index contributed by atoms with van der Waals surface area (Å²) in [5.41, 5.74) is 1.39. The molecule has 2 aliphatic heterocycles. The average molecular weight is 621 g/mol. The molecule has 1 N–H and O–H groups in total. The van der Waals surface area contributed by atoms with Crippen molar-refractivity contribution in [2.45, 2.75) is 32.2 Å². The van der Waals surface area contributed by atoms with Crippen LogP contribution >= 0.6 is 22.9 Å². The van der Waals surface area contributed by atoms with Crippen molar-refractivity contribution in [3.05, 3.63) is 76.3 Å². The van der Waals surface area contributed by atoms with E-state index in [-0.39, 0.29) is 11.3 Å². The zero-order valence-electron chi connectivity index (χ0n) is 23.6. The molecule has 1 fully saturated rings. The molecule has 1 atom stereocenters. The molecule has 1 amide bonds. The summed E-state index contributed by atoms with van der Waals surface area (Å²) >= 11 is 7.44. The van der Waals surface area contributed by atoms with Crippen molar-refractivity contribution < 1.29 is 33.6 Å². The Kier molecular flexibility index (Phi) is 8.14. The fraction of sp³-hybridized carbons (Fsp3) is 0.281. The molecule has 6 rings (SSSR count). The molecule has 3 aromatic carbocycles. The van der Waals surface area contributed by atoms with Gasteiger partial charge in [0.15, 0.2) is 28.1 Å². The van der Waals surface area contributed by atoms with Crippen molar-refractivity contribution in [2.24, 2.45) is 0 Å². The van der Waals surface area contributed by atoms with E-state index < -0.39 is 17.7 Å². The molecule has 2 aliphatic rings. The van der Waals surface area contributed by atoms with Gasteiger partial charge in [0, 0.05) is 10.6 Å². The lowest BCUT2D eigenvalue weighted by Gasteiger charge is -2.24. The molecule has 0 spiro atoms. The van der Waals surface area contributed by atoms with Crippen molar-refractivity contribution in [3.63, 3.8) is 0 Å². The second kappa shape index (κ2) is 12.1. The fourth-order valence-electron chi connectivity index (χ4n) is 5.19. The highest BCUT2D eigenvalue weighted by atomic mass is 35.5. The number of anilines is 1. The molecule has 9 nitrogen and oxygen atoms in total. The molecule has 0 saturated carbocycles. The molecule has 0 aliphatic carbocycles. The molecule has 0 radical (unpaired) electrons. The highest BCUT2D eigenvalue weighted by molar-refractivity contribution is 7.22. The van der Waals surface area contributed by atoms with Gasteiger partial charge in [0.1, 0.15) is 19.0 Å². The molecular weight excluding hydrogens is 592 g/mol. The van der Waals surface area contributed by atoms with Crippen LogP contribution in [0, 0.1) is 0 Å². The SMILES string of the molecule is CCCCCOc1ccc([C@H]2C(=C(O)c3ccc4c(c3)OCCO4)C(=O)C(=O)N2c2nc3ccc(Cl)cc3s2)cc1OC. The molecule has 1 saturated heterocycles. The summed E-state index contributed by atoms with van der Waals surface area (Å²) in [4.78, 5) is 33.4. The summed E-state index contributed by atoms with van der Waals surface area (Å²) in [6.07, 6.45) is 3.01. The Morgan fingerprint density at radius 3 is 2.65 bits per heavy atom. The first-order valence-electron chi connectivity index (χ1n) is 14.0. The van der Waals surface area contributed by atoms with E-state index in [2.05, 4.69) is 11.9 Å². The molecule has 3 heterocycles. The third-order valence-electron chi connectivity index (χ3n) is 7.31. The molecule has 43 heavy (non-hydrogen) atoms. The molecule has 4 aromatic rings. The standard InChI is InChI=1S/C32H29ClN2O7S/c1-3-4-5-12-40-22-10-6-18(15-24(22)39-2)28-27(29(36)19-7-11-23-25(16-19)42-14-13-41-23)30(37)31(38)35(28)32-34-21-9-8-20(33)17-26(21)43-32/h6-11,15-17,28,36H,3-5,12-14H2,1-2H3/t28-/m0/s1. The van der Waals surface area contributed by atoms with Crippen molar-refractivity contribution >= 4 is 55.7 Å². The van der Waals surface area contributed by atoms with E-state index >= 15 is 0 Å². The van der Waals surface area contributed by atoms with Crippen LogP contribution in [0.15, 0.2) is 60.2 Å². The number of ether oxygens (including phenoxy) is 4. The highest BCUT2D eigenvalue weighted by Crippen LogP contribution is 2.46. The van der Waals surface area contributed by atoms with Crippen LogP contribution in [0.1, 0.15) is 43.4 Å². The number of aliphatic hydroxyl groups is 1. The number of ketones is 1. The van der Waals surface area contributed by atoms with Crippen LogP contribution in [0.5, 0.6) is 23.0 Å². The topological polar surface area (TPSA) is 107 Å². The van der Waals surface area contributed by atoms with E-state index in [0.717, 1.165) is 24.0 Å². The zero-order chi connectivity index (χ0) is 30.1. The van der Waals surface area contributed by atoms with Gasteiger partial charge in [-0.1, -0.05) is 48.8 Å². The number of benzene rings is 3. The molecule has 11 heteroatoms. The largest absolute Gasteiger partial charge is 0.507 e. The van der Waals surface area contributed by atoms with E-state index in [0.29, 0.717) is 69.6 Å². The monoisotopic (exact) mass is 620 g/mol. The van der Waals surface area contributed by atoms with Gasteiger partial charge in [0.05, 0.1) is 35.5 Å². The Bertz CT molecular complexity index is 1750. The van der Waals surface area contributed by atoms with Gasteiger partial charge in [-0.15, -0.1) is 0 Å². The smallest absolute Gasteiger partial charge is 0.301 e. The Labute approximate surface area is 257 Å². The number of nitrogens with zero attached hydrogens (tertiary/aromatic N) is 2. The van der Waals surface area contributed by atoms with E-state index in [1.54, 1.807) is 54.6 Å². The predicted molar refractivity (Wildman–Crippen MR) is 165 cm³/mol. The average Bonchev–Trinajstić information content (AvgIpc) is 3.55. The number of fused-ring (bicyclic) bond motifs is 2. The predicted octanol–water partition coefficient (Wildman–Crippen LogP) is 6.92. The van der Waals surface area contributed by atoms with Crippen LogP contribution in [0.4, 0.5) is 5.13 Å². The zero-order valence-corrected chi connectivity index (χ0v) is 25.2. The second-order valence-electron chi connectivity index (χ2n) is 10.1. The van der Waals surface area contributed by atoms with Gasteiger partial charge in [0.25, 0.3) is 5.78 Å². The third-order valence-corrected chi connectivity index (χ3v) is 8.57. The lowest BCUT2D eigenvalue weighted by atomic mass is 9.95. The van der Waals surface area contributed by atoms with Crippen LogP contribution in [-0.2, 0) is 9.59 Å². The van der Waals surface area contributed by atoms with Gasteiger partial charge in [-0.2, -0.15) is 0 Å². The van der Waals surface area contributed by atoms with E-state index in [9.17, 15) is 14.7 Å². The number of carbonyl (C=O) groups excluding carboxylic acids is 2. The van der Waals surface area contributed by atoms with Gasteiger partial charge in [-0.3, -0.25) is 14.5 Å². The number of carbonyl (C=O) groups is 2. The van der Waals surface area contributed by atoms with E-state index in [1.807, 2.05) is 0 Å². The Morgan fingerprint density at radius 2 is 1.86 bits per heavy atom. The molecule has 222 valence electrons. The maximum atomic E-state index is 13.7. The first kappa shape index (κ1) is 28.8. The summed E-state index contributed by atoms with van der Waals surface area (Å²) in [6.45, 7) is 3.42. The van der Waals surface area contributed by atoms with Gasteiger partial charge in [-0.05, 0) is 60.5 Å². The van der Waals surface area contributed by atoms with Gasteiger partial charge in [0.2, 0.25) is 0 Å². The summed E-state index contributed by atoms with van der Waals surface area (Å²) in [7, 11) is 1.53. The van der Waals surface area contributed by atoms with Crippen molar-refractivity contribution in [1.82, 2.24) is 4.98 Å². The van der Waals surface area contributed by atoms with Crippen LogP contribution in [-0.4, -0.2) is 48.7 Å². The van der Waals surface area contributed by atoms with E-state index in [4.69, 9.17) is 30.5 Å². The summed E-state index contributed by atoms with van der Waals surface area (Å²) < 4.78 is 23.7. The van der Waals surface area contributed by atoms with E-state index in [1.165, 1.54) is 23.3 Å². The van der Waals surface area contributed by atoms with Gasteiger partial charge in [-0.25, -0.2) is 4.98 Å². The number of methoxy groups -OCH3 is 1. The Morgan fingerprint density at radius 1 is 1.05 bits per heavy atom. The lowest BCUT2D eigenvalue weighted by Crippen LogP contribution is -2.29. The number of hydrogen-bond donors (Lipinski definition) is 1. The number of aliphatic hydroxyl groups excluding tert-OH is 1. The minimum Gasteiger partial charge on any atom is -0.507 e. The molecule has 0 unspecified atom stereocenters. The maximum Gasteiger partial charge on any atom is 0.301 e. The van der Waals surface area contributed by atoms with Gasteiger partial charge >= 0.3 is 5.91 Å². The molecule has 0 bridgehead atoms. The number of thiazole rings is 1. The van der Waals surface area contributed by atoms with Gasteiger partial charge < -0.3 is 24.1 Å².